The molecule has 1 aliphatic heterocycles. The molecule has 0 radical (unpaired) electrons. The number of morpholine rings is 1. The molecule has 1 atom stereocenters. The van der Waals surface area contributed by atoms with Crippen LogP contribution in [0.4, 0.5) is 0 Å². The van der Waals surface area contributed by atoms with E-state index in [0.29, 0.717) is 36.0 Å². The summed E-state index contributed by atoms with van der Waals surface area (Å²) >= 11 is 1.51. The van der Waals surface area contributed by atoms with Gasteiger partial charge in [0.25, 0.3) is 0 Å². The van der Waals surface area contributed by atoms with Gasteiger partial charge in [0.15, 0.2) is 0 Å². The minimum atomic E-state index is -3.66. The molecular weight excluding hydrogens is 336 g/mol. The van der Waals surface area contributed by atoms with Crippen molar-refractivity contribution in [3.05, 3.63) is 27.5 Å². The van der Waals surface area contributed by atoms with Crippen LogP contribution >= 0.6 is 11.3 Å². The van der Waals surface area contributed by atoms with Gasteiger partial charge in [0.2, 0.25) is 10.0 Å². The summed E-state index contributed by atoms with van der Waals surface area (Å²) in [5, 5.41) is 7.06. The van der Waals surface area contributed by atoms with E-state index in [0.717, 1.165) is 10.7 Å². The lowest BCUT2D eigenvalue weighted by molar-refractivity contribution is 0.0307. The van der Waals surface area contributed by atoms with E-state index in [1.165, 1.54) is 15.6 Å². The second-order valence-corrected chi connectivity index (χ2v) is 8.51. The third-order valence-corrected chi connectivity index (χ3v) is 7.02. The van der Waals surface area contributed by atoms with Crippen molar-refractivity contribution in [3.8, 4) is 0 Å². The molecule has 23 heavy (non-hydrogen) atoms. The van der Waals surface area contributed by atoms with Crippen molar-refractivity contribution in [3.63, 3.8) is 0 Å². The first-order chi connectivity index (χ1) is 10.8. The van der Waals surface area contributed by atoms with Gasteiger partial charge in [-0.25, -0.2) is 13.4 Å². The number of aryl methyl sites for hydroxylation is 3. The zero-order chi connectivity index (χ0) is 16.8. The van der Waals surface area contributed by atoms with E-state index < -0.39 is 16.1 Å². The maximum atomic E-state index is 13.2. The van der Waals surface area contributed by atoms with Crippen LogP contribution in [0.1, 0.15) is 28.1 Å². The minimum Gasteiger partial charge on any atom is -0.378 e. The van der Waals surface area contributed by atoms with Gasteiger partial charge in [0.1, 0.15) is 4.90 Å². The summed E-state index contributed by atoms with van der Waals surface area (Å²) < 4.78 is 35.1. The Labute approximate surface area is 140 Å². The first-order valence-electron chi connectivity index (χ1n) is 7.34. The highest BCUT2D eigenvalue weighted by molar-refractivity contribution is 7.89. The molecule has 0 aliphatic carbocycles. The van der Waals surface area contributed by atoms with Gasteiger partial charge in [-0.15, -0.1) is 11.3 Å². The average Bonchev–Trinajstić information content (AvgIpc) is 3.03. The van der Waals surface area contributed by atoms with Gasteiger partial charge >= 0.3 is 0 Å². The number of aromatic nitrogens is 3. The third-order valence-electron chi connectivity index (χ3n) is 4.07. The van der Waals surface area contributed by atoms with Gasteiger partial charge in [-0.2, -0.15) is 9.40 Å². The van der Waals surface area contributed by atoms with Crippen LogP contribution in [0.3, 0.4) is 0 Å². The van der Waals surface area contributed by atoms with Crippen LogP contribution in [0, 0.1) is 20.8 Å². The molecule has 0 aromatic carbocycles. The molecule has 0 spiro atoms. The lowest BCUT2D eigenvalue weighted by Crippen LogP contribution is -2.43. The van der Waals surface area contributed by atoms with Crippen LogP contribution in [-0.4, -0.2) is 47.2 Å². The highest BCUT2D eigenvalue weighted by Gasteiger charge is 2.38. The Kier molecular flexibility index (Phi) is 4.30. The molecule has 9 heteroatoms. The molecule has 0 N–H and O–H groups in total. The topological polar surface area (TPSA) is 77.3 Å². The van der Waals surface area contributed by atoms with Crippen molar-refractivity contribution in [1.29, 1.82) is 0 Å². The normalized spacial score (nSPS) is 20.1. The van der Waals surface area contributed by atoms with E-state index >= 15 is 0 Å². The Morgan fingerprint density at radius 3 is 2.65 bits per heavy atom. The SMILES string of the molecule is Cc1nc([C@@H]2COCCN2S(=O)(=O)c2c(C)nn(C)c2C)cs1. The highest BCUT2D eigenvalue weighted by Crippen LogP contribution is 2.32. The molecule has 0 amide bonds. The summed E-state index contributed by atoms with van der Waals surface area (Å²) in [6.45, 7) is 6.43. The Bertz CT molecular complexity index is 825. The van der Waals surface area contributed by atoms with Gasteiger partial charge in [-0.1, -0.05) is 0 Å². The van der Waals surface area contributed by atoms with E-state index in [1.54, 1.807) is 25.6 Å². The fourth-order valence-corrected chi connectivity index (χ4v) is 5.52. The number of ether oxygens (including phenoxy) is 1. The quantitative estimate of drug-likeness (QED) is 0.834. The summed E-state index contributed by atoms with van der Waals surface area (Å²) in [7, 11) is -1.90. The summed E-state index contributed by atoms with van der Waals surface area (Å²) in [5.74, 6) is 0. The van der Waals surface area contributed by atoms with Crippen LogP contribution in [0.15, 0.2) is 10.3 Å². The summed E-state index contributed by atoms with van der Waals surface area (Å²) in [6, 6.07) is -0.391. The Balaban J connectivity index is 2.06. The summed E-state index contributed by atoms with van der Waals surface area (Å²) in [6.07, 6.45) is 0. The lowest BCUT2D eigenvalue weighted by Gasteiger charge is -2.33. The van der Waals surface area contributed by atoms with Gasteiger partial charge in [0.05, 0.1) is 41.3 Å². The number of thiazole rings is 1. The van der Waals surface area contributed by atoms with E-state index in [-0.39, 0.29) is 0 Å². The maximum absolute atomic E-state index is 13.2. The predicted octanol–water partition coefficient (Wildman–Crippen LogP) is 1.56. The van der Waals surface area contributed by atoms with Crippen LogP contribution in [0.25, 0.3) is 0 Å². The minimum absolute atomic E-state index is 0.291. The molecule has 0 unspecified atom stereocenters. The van der Waals surface area contributed by atoms with E-state index in [9.17, 15) is 8.42 Å². The second kappa shape index (κ2) is 5.97. The lowest BCUT2D eigenvalue weighted by atomic mass is 10.2. The smallest absolute Gasteiger partial charge is 0.247 e. The fourth-order valence-electron chi connectivity index (χ4n) is 2.89. The van der Waals surface area contributed by atoms with Crippen LogP contribution in [0.2, 0.25) is 0 Å². The average molecular weight is 356 g/mol. The molecule has 1 aliphatic rings. The molecule has 3 rings (SSSR count). The molecule has 1 saturated heterocycles. The largest absolute Gasteiger partial charge is 0.378 e. The van der Waals surface area contributed by atoms with Crippen molar-refractivity contribution in [1.82, 2.24) is 19.1 Å². The monoisotopic (exact) mass is 356 g/mol. The zero-order valence-electron chi connectivity index (χ0n) is 13.6. The number of nitrogens with zero attached hydrogens (tertiary/aromatic N) is 4. The molecule has 126 valence electrons. The molecule has 2 aromatic rings. The van der Waals surface area contributed by atoms with Crippen molar-refractivity contribution >= 4 is 21.4 Å². The third kappa shape index (κ3) is 2.82. The van der Waals surface area contributed by atoms with E-state index in [2.05, 4.69) is 10.1 Å². The molecule has 0 bridgehead atoms. The Morgan fingerprint density at radius 1 is 1.35 bits per heavy atom. The van der Waals surface area contributed by atoms with Crippen molar-refractivity contribution in [2.45, 2.75) is 31.7 Å². The van der Waals surface area contributed by atoms with Gasteiger partial charge < -0.3 is 4.74 Å². The molecular formula is C14H20N4O3S2. The Morgan fingerprint density at radius 2 is 2.09 bits per heavy atom. The standard InChI is InChI=1S/C14H20N4O3S2/c1-9-14(10(2)17(4)16-9)23(19,20)18-5-6-21-7-13(18)12-8-22-11(3)15-12/h8,13H,5-7H2,1-4H3/t13-/m0/s1. The summed E-state index contributed by atoms with van der Waals surface area (Å²) in [5.41, 5.74) is 1.90. The molecule has 1 fully saturated rings. The molecule has 0 saturated carbocycles. The summed E-state index contributed by atoms with van der Waals surface area (Å²) in [4.78, 5) is 4.74. The predicted molar refractivity (Wildman–Crippen MR) is 87.0 cm³/mol. The van der Waals surface area contributed by atoms with Gasteiger partial charge in [-0.05, 0) is 20.8 Å². The number of rotatable bonds is 3. The van der Waals surface area contributed by atoms with Crippen LogP contribution < -0.4 is 0 Å². The molecule has 3 heterocycles. The van der Waals surface area contributed by atoms with E-state index in [4.69, 9.17) is 4.74 Å². The fraction of sp³-hybridized carbons (Fsp3) is 0.571. The Hall–Kier alpha value is -1.29. The second-order valence-electron chi connectivity index (χ2n) is 5.62. The number of hydrogen-bond donors (Lipinski definition) is 0. The van der Waals surface area contributed by atoms with Crippen LogP contribution in [0.5, 0.6) is 0 Å². The molecule has 2 aromatic heterocycles. The van der Waals surface area contributed by atoms with Gasteiger partial charge in [-0.3, -0.25) is 4.68 Å². The zero-order valence-corrected chi connectivity index (χ0v) is 15.2. The number of sulfonamides is 1. The van der Waals surface area contributed by atoms with Crippen molar-refractivity contribution in [2.24, 2.45) is 7.05 Å². The van der Waals surface area contributed by atoms with Crippen LogP contribution in [-0.2, 0) is 21.8 Å². The number of hydrogen-bond acceptors (Lipinski definition) is 6. The first kappa shape index (κ1) is 16.6. The van der Waals surface area contributed by atoms with Gasteiger partial charge in [0, 0.05) is 19.0 Å². The highest BCUT2D eigenvalue weighted by atomic mass is 32.2. The van der Waals surface area contributed by atoms with Crippen molar-refractivity contribution < 1.29 is 13.2 Å². The first-order valence-corrected chi connectivity index (χ1v) is 9.66. The van der Waals surface area contributed by atoms with Crippen molar-refractivity contribution in [2.75, 3.05) is 19.8 Å². The maximum Gasteiger partial charge on any atom is 0.247 e. The van der Waals surface area contributed by atoms with E-state index in [1.807, 2.05) is 12.3 Å². The molecule has 7 nitrogen and oxygen atoms in total.